The Bertz CT molecular complexity index is 609. The van der Waals surface area contributed by atoms with Crippen LogP contribution >= 0.6 is 0 Å². The summed E-state index contributed by atoms with van der Waals surface area (Å²) >= 11 is 0. The molecule has 3 aliphatic rings. The number of rotatable bonds is 3. The largest absolute Gasteiger partial charge is 0.340 e. The van der Waals surface area contributed by atoms with Gasteiger partial charge in [0.05, 0.1) is 6.54 Å². The van der Waals surface area contributed by atoms with Gasteiger partial charge in [-0.15, -0.1) is 0 Å². The second-order valence-corrected chi connectivity index (χ2v) is 8.69. The van der Waals surface area contributed by atoms with Crippen molar-refractivity contribution in [1.29, 1.82) is 0 Å². The summed E-state index contributed by atoms with van der Waals surface area (Å²) in [5, 5.41) is 0. The van der Waals surface area contributed by atoms with Crippen LogP contribution in [0.15, 0.2) is 0 Å². The lowest BCUT2D eigenvalue weighted by Crippen LogP contribution is -2.64. The van der Waals surface area contributed by atoms with Crippen molar-refractivity contribution in [3.63, 3.8) is 0 Å². The van der Waals surface area contributed by atoms with Crippen molar-refractivity contribution < 1.29 is 9.59 Å². The first-order chi connectivity index (χ1) is 13.0. The molecule has 2 heterocycles. The van der Waals surface area contributed by atoms with Crippen LogP contribution in [0.25, 0.3) is 0 Å². The third-order valence-corrected chi connectivity index (χ3v) is 6.28. The molecule has 1 saturated carbocycles. The van der Waals surface area contributed by atoms with Gasteiger partial charge >= 0.3 is 0 Å². The lowest BCUT2D eigenvalue weighted by atomic mass is 9.80. The van der Waals surface area contributed by atoms with Gasteiger partial charge in [0.2, 0.25) is 5.91 Å². The Morgan fingerprint density at radius 3 is 2.67 bits per heavy atom. The smallest absolute Gasteiger partial charge is 0.250 e. The van der Waals surface area contributed by atoms with E-state index in [0.29, 0.717) is 24.9 Å². The fourth-order valence-electron chi connectivity index (χ4n) is 4.52. The maximum absolute atomic E-state index is 12.8. The van der Waals surface area contributed by atoms with Crippen LogP contribution < -0.4 is 10.9 Å². The molecule has 0 spiro atoms. The predicted octanol–water partition coefficient (Wildman–Crippen LogP) is 1.24. The summed E-state index contributed by atoms with van der Waals surface area (Å²) in [5.74, 6) is 7.58. The molecule has 0 aromatic rings. The SMILES string of the molecule is CC(C)C#CC1C(=O)NNCC1N1CCN(CC2CCCCC2C)C(=O)C1. The van der Waals surface area contributed by atoms with Gasteiger partial charge in [-0.1, -0.05) is 51.9 Å². The van der Waals surface area contributed by atoms with E-state index in [2.05, 4.69) is 34.5 Å². The molecule has 2 saturated heterocycles. The third-order valence-electron chi connectivity index (χ3n) is 6.28. The van der Waals surface area contributed by atoms with Crippen LogP contribution in [0.2, 0.25) is 0 Å². The average molecular weight is 375 g/mol. The van der Waals surface area contributed by atoms with E-state index in [1.165, 1.54) is 25.7 Å². The Labute approximate surface area is 163 Å². The highest BCUT2D eigenvalue weighted by Gasteiger charge is 2.38. The molecular weight excluding hydrogens is 340 g/mol. The quantitative estimate of drug-likeness (QED) is 0.730. The fourth-order valence-corrected chi connectivity index (χ4v) is 4.52. The van der Waals surface area contributed by atoms with E-state index in [1.807, 2.05) is 18.7 Å². The van der Waals surface area contributed by atoms with E-state index in [1.54, 1.807) is 0 Å². The maximum Gasteiger partial charge on any atom is 0.250 e. The number of piperazine rings is 1. The molecular formula is C21H34N4O2. The summed E-state index contributed by atoms with van der Waals surface area (Å²) < 4.78 is 0. The molecule has 0 aromatic carbocycles. The summed E-state index contributed by atoms with van der Waals surface area (Å²) in [6.07, 6.45) is 5.16. The van der Waals surface area contributed by atoms with Gasteiger partial charge in [-0.2, -0.15) is 0 Å². The molecule has 3 fully saturated rings. The number of amides is 2. The van der Waals surface area contributed by atoms with E-state index in [-0.39, 0.29) is 29.7 Å². The van der Waals surface area contributed by atoms with E-state index >= 15 is 0 Å². The Morgan fingerprint density at radius 1 is 1.19 bits per heavy atom. The first-order valence-corrected chi connectivity index (χ1v) is 10.5. The van der Waals surface area contributed by atoms with Crippen molar-refractivity contribution in [2.45, 2.75) is 52.5 Å². The topological polar surface area (TPSA) is 64.7 Å². The van der Waals surface area contributed by atoms with Gasteiger partial charge in [-0.05, 0) is 18.3 Å². The Kier molecular flexibility index (Phi) is 6.78. The average Bonchev–Trinajstić information content (AvgIpc) is 2.64. The second-order valence-electron chi connectivity index (χ2n) is 8.69. The third kappa shape index (κ3) is 5.03. The highest BCUT2D eigenvalue weighted by atomic mass is 16.2. The van der Waals surface area contributed by atoms with Crippen LogP contribution in [-0.2, 0) is 9.59 Å². The minimum absolute atomic E-state index is 0.0512. The lowest BCUT2D eigenvalue weighted by molar-refractivity contribution is -0.141. The van der Waals surface area contributed by atoms with E-state index in [9.17, 15) is 9.59 Å². The molecule has 6 nitrogen and oxygen atoms in total. The molecule has 4 atom stereocenters. The number of hydrogen-bond donors (Lipinski definition) is 2. The Hall–Kier alpha value is -1.58. The van der Waals surface area contributed by atoms with Crippen LogP contribution in [-0.4, -0.2) is 60.4 Å². The van der Waals surface area contributed by atoms with Crippen LogP contribution in [0.1, 0.15) is 46.5 Å². The summed E-state index contributed by atoms with van der Waals surface area (Å²) in [6, 6.07) is -0.0512. The van der Waals surface area contributed by atoms with Crippen molar-refractivity contribution in [1.82, 2.24) is 20.7 Å². The van der Waals surface area contributed by atoms with Crippen molar-refractivity contribution in [3.8, 4) is 11.8 Å². The van der Waals surface area contributed by atoms with E-state index < -0.39 is 0 Å². The minimum Gasteiger partial charge on any atom is -0.340 e. The highest BCUT2D eigenvalue weighted by Crippen LogP contribution is 2.30. The highest BCUT2D eigenvalue weighted by molar-refractivity contribution is 5.83. The van der Waals surface area contributed by atoms with E-state index in [0.717, 1.165) is 19.6 Å². The normalized spacial score (nSPS) is 32.8. The summed E-state index contributed by atoms with van der Waals surface area (Å²) in [5.41, 5.74) is 5.65. The van der Waals surface area contributed by atoms with Crippen molar-refractivity contribution in [3.05, 3.63) is 0 Å². The molecule has 0 bridgehead atoms. The first-order valence-electron chi connectivity index (χ1n) is 10.5. The van der Waals surface area contributed by atoms with Gasteiger partial charge < -0.3 is 4.90 Å². The lowest BCUT2D eigenvalue weighted by Gasteiger charge is -2.43. The van der Waals surface area contributed by atoms with Crippen molar-refractivity contribution in [2.75, 3.05) is 32.7 Å². The van der Waals surface area contributed by atoms with Gasteiger partial charge in [0.15, 0.2) is 0 Å². The van der Waals surface area contributed by atoms with Crippen LogP contribution in [0.4, 0.5) is 0 Å². The number of hydrogen-bond acceptors (Lipinski definition) is 4. The van der Waals surface area contributed by atoms with Crippen molar-refractivity contribution in [2.24, 2.45) is 23.7 Å². The number of nitrogens with zero attached hydrogens (tertiary/aromatic N) is 2. The second kappa shape index (κ2) is 9.07. The molecule has 2 aliphatic heterocycles. The maximum atomic E-state index is 12.8. The monoisotopic (exact) mass is 374 g/mol. The molecule has 150 valence electrons. The van der Waals surface area contributed by atoms with Crippen LogP contribution in [0, 0.1) is 35.5 Å². The zero-order chi connectivity index (χ0) is 19.4. The van der Waals surface area contributed by atoms with Gasteiger partial charge in [0, 0.05) is 38.1 Å². The molecule has 3 rings (SSSR count). The minimum atomic E-state index is -0.383. The fraction of sp³-hybridized carbons (Fsp3) is 0.810. The molecule has 0 aromatic heterocycles. The summed E-state index contributed by atoms with van der Waals surface area (Å²) in [6.45, 7) is 9.85. The Balaban J connectivity index is 1.61. The van der Waals surface area contributed by atoms with E-state index in [4.69, 9.17) is 0 Å². The molecule has 0 radical (unpaired) electrons. The Morgan fingerprint density at radius 2 is 1.96 bits per heavy atom. The number of carbonyl (C=O) groups is 2. The number of carbonyl (C=O) groups excluding carboxylic acids is 2. The summed E-state index contributed by atoms with van der Waals surface area (Å²) in [7, 11) is 0. The van der Waals surface area contributed by atoms with Crippen LogP contribution in [0.3, 0.4) is 0 Å². The molecule has 6 heteroatoms. The van der Waals surface area contributed by atoms with Crippen molar-refractivity contribution >= 4 is 11.8 Å². The number of hydrazine groups is 1. The molecule has 27 heavy (non-hydrogen) atoms. The molecule has 4 unspecified atom stereocenters. The van der Waals surface area contributed by atoms with Gasteiger partial charge in [-0.25, -0.2) is 5.43 Å². The molecule has 1 aliphatic carbocycles. The summed E-state index contributed by atoms with van der Waals surface area (Å²) in [4.78, 5) is 29.3. The van der Waals surface area contributed by atoms with Gasteiger partial charge in [-0.3, -0.25) is 19.9 Å². The molecule has 2 amide bonds. The molecule has 2 N–H and O–H groups in total. The standard InChI is InChI=1S/C21H34N4O2/c1-15(2)8-9-18-19(12-22-23-21(18)27)24-10-11-25(20(26)14-24)13-17-7-5-4-6-16(17)3/h15-19,22H,4-7,10-14H2,1-3H3,(H,23,27). The van der Waals surface area contributed by atoms with Crippen LogP contribution in [0.5, 0.6) is 0 Å². The first kappa shape index (κ1) is 20.2. The predicted molar refractivity (Wildman–Crippen MR) is 105 cm³/mol. The van der Waals surface area contributed by atoms with Gasteiger partial charge in [0.1, 0.15) is 5.92 Å². The number of nitrogens with one attached hydrogen (secondary N) is 2. The zero-order valence-corrected chi connectivity index (χ0v) is 17.0. The van der Waals surface area contributed by atoms with Gasteiger partial charge in [0.25, 0.3) is 5.91 Å². The zero-order valence-electron chi connectivity index (χ0n) is 17.0.